The zero-order valence-electron chi connectivity index (χ0n) is 24.9. The van der Waals surface area contributed by atoms with Crippen LogP contribution in [0.25, 0.3) is 21.8 Å². The number of aryl methyl sites for hydroxylation is 3. The molecule has 3 aromatic carbocycles. The third-order valence-electron chi connectivity index (χ3n) is 7.14. The van der Waals surface area contributed by atoms with Crippen molar-refractivity contribution in [2.75, 3.05) is 26.6 Å². The highest BCUT2D eigenvalue weighted by Gasteiger charge is 2.28. The van der Waals surface area contributed by atoms with E-state index in [0.717, 1.165) is 12.8 Å². The fraction of sp³-hybridized carbons (Fsp3) is 0.344. The number of carbonyl (C=O) groups excluding carboxylic acids is 2. The highest BCUT2D eigenvalue weighted by Crippen LogP contribution is 2.33. The van der Waals surface area contributed by atoms with Gasteiger partial charge >= 0.3 is 11.9 Å². The van der Waals surface area contributed by atoms with Crippen molar-refractivity contribution in [3.8, 4) is 17.2 Å². The number of unbranched alkanes of at least 4 members (excludes halogenated alkanes) is 1. The van der Waals surface area contributed by atoms with Crippen LogP contribution in [0.1, 0.15) is 58.0 Å². The molecule has 228 valence electrons. The summed E-state index contributed by atoms with van der Waals surface area (Å²) in [5, 5.41) is 1.03. The number of hydrogen-bond donors (Lipinski definition) is 1. The third-order valence-corrected chi connectivity index (χ3v) is 7.94. The van der Waals surface area contributed by atoms with Crippen molar-refractivity contribution in [2.45, 2.75) is 46.6 Å². The Balaban J connectivity index is 1.85. The van der Waals surface area contributed by atoms with Crippen molar-refractivity contribution in [2.24, 2.45) is 0 Å². The monoisotopic (exact) mass is 610 g/mol. The van der Waals surface area contributed by atoms with Crippen LogP contribution < -0.4 is 18.8 Å². The van der Waals surface area contributed by atoms with Gasteiger partial charge < -0.3 is 18.9 Å². The molecule has 1 N–H and O–H groups in total. The Kier molecular flexibility index (Phi) is 9.87. The summed E-state index contributed by atoms with van der Waals surface area (Å²) < 4.78 is 56.4. The number of methoxy groups -OCH3 is 2. The SMILES string of the molecule is CCCCOC(=O)c1cc(C)c(OC(=O)c2c3cc(OC)ccc3[n+](CCCS(=O)(=O)O)c3ccc(OC)cc23)c(C)c1. The van der Waals surface area contributed by atoms with Crippen LogP contribution in [0.2, 0.25) is 0 Å². The highest BCUT2D eigenvalue weighted by molar-refractivity contribution is 7.85. The van der Waals surface area contributed by atoms with Gasteiger partial charge in [0.25, 0.3) is 10.1 Å². The first-order chi connectivity index (χ1) is 20.5. The van der Waals surface area contributed by atoms with Gasteiger partial charge in [-0.1, -0.05) is 13.3 Å². The van der Waals surface area contributed by atoms with E-state index in [-0.39, 0.29) is 18.5 Å². The molecule has 0 spiro atoms. The summed E-state index contributed by atoms with van der Waals surface area (Å²) in [6, 6.07) is 13.8. The predicted molar refractivity (Wildman–Crippen MR) is 162 cm³/mol. The van der Waals surface area contributed by atoms with Crippen molar-refractivity contribution >= 4 is 43.9 Å². The van der Waals surface area contributed by atoms with E-state index in [9.17, 15) is 22.6 Å². The summed E-state index contributed by atoms with van der Waals surface area (Å²) in [6.07, 6.45) is 1.82. The highest BCUT2D eigenvalue weighted by atomic mass is 32.2. The van der Waals surface area contributed by atoms with E-state index in [4.69, 9.17) is 18.9 Å². The molecule has 0 aliphatic carbocycles. The van der Waals surface area contributed by atoms with Crippen LogP contribution >= 0.6 is 0 Å². The lowest BCUT2D eigenvalue weighted by molar-refractivity contribution is -0.645. The van der Waals surface area contributed by atoms with Crippen molar-refractivity contribution < 1.29 is 46.1 Å². The lowest BCUT2D eigenvalue weighted by Gasteiger charge is -2.16. The van der Waals surface area contributed by atoms with Gasteiger partial charge in [-0.25, -0.2) is 9.59 Å². The maximum absolute atomic E-state index is 14.1. The van der Waals surface area contributed by atoms with Gasteiger partial charge in [0.2, 0.25) is 11.0 Å². The van der Waals surface area contributed by atoms with Crippen LogP contribution in [-0.2, 0) is 21.4 Å². The van der Waals surface area contributed by atoms with E-state index in [2.05, 4.69) is 0 Å². The van der Waals surface area contributed by atoms with Gasteiger partial charge in [0, 0.05) is 18.6 Å². The summed E-state index contributed by atoms with van der Waals surface area (Å²) >= 11 is 0. The lowest BCUT2D eigenvalue weighted by Crippen LogP contribution is -2.37. The molecule has 43 heavy (non-hydrogen) atoms. The molecule has 0 atom stereocenters. The Labute approximate surface area is 250 Å². The van der Waals surface area contributed by atoms with Crippen LogP contribution in [-0.4, -0.2) is 51.5 Å². The molecule has 0 aliphatic heterocycles. The number of carbonyl (C=O) groups is 2. The van der Waals surface area contributed by atoms with Gasteiger partial charge in [-0.2, -0.15) is 13.0 Å². The minimum atomic E-state index is -4.16. The second-order valence-electron chi connectivity index (χ2n) is 10.3. The second-order valence-corrected chi connectivity index (χ2v) is 11.8. The molecular weight excluding hydrogens is 574 g/mol. The fourth-order valence-corrected chi connectivity index (χ4v) is 5.56. The first-order valence-corrected chi connectivity index (χ1v) is 15.5. The molecule has 11 heteroatoms. The van der Waals surface area contributed by atoms with E-state index < -0.39 is 27.8 Å². The van der Waals surface area contributed by atoms with Gasteiger partial charge in [-0.15, -0.1) is 0 Å². The zero-order valence-corrected chi connectivity index (χ0v) is 25.7. The van der Waals surface area contributed by atoms with Crippen LogP contribution in [0.5, 0.6) is 17.2 Å². The second kappa shape index (κ2) is 13.4. The maximum atomic E-state index is 14.1. The van der Waals surface area contributed by atoms with Crippen LogP contribution in [0, 0.1) is 13.8 Å². The Morgan fingerprint density at radius 2 is 1.40 bits per heavy atom. The number of aromatic nitrogens is 1. The molecule has 0 bridgehead atoms. The molecule has 4 rings (SSSR count). The molecule has 0 fully saturated rings. The minimum Gasteiger partial charge on any atom is -0.497 e. The Morgan fingerprint density at radius 3 is 1.88 bits per heavy atom. The van der Waals surface area contributed by atoms with E-state index in [1.54, 1.807) is 62.4 Å². The van der Waals surface area contributed by atoms with E-state index in [1.165, 1.54) is 14.2 Å². The summed E-state index contributed by atoms with van der Waals surface area (Å²) in [5.41, 5.74) is 3.10. The van der Waals surface area contributed by atoms with Gasteiger partial charge in [0.05, 0.1) is 48.5 Å². The average Bonchev–Trinajstić information content (AvgIpc) is 2.97. The van der Waals surface area contributed by atoms with Crippen LogP contribution in [0.15, 0.2) is 48.5 Å². The Bertz CT molecular complexity index is 1710. The molecular formula is C32H36NO9S+. The van der Waals surface area contributed by atoms with E-state index in [1.807, 2.05) is 11.5 Å². The molecule has 0 unspecified atom stereocenters. The normalized spacial score (nSPS) is 11.5. The van der Waals surface area contributed by atoms with E-state index >= 15 is 0 Å². The van der Waals surface area contributed by atoms with Gasteiger partial charge in [-0.05, 0) is 67.8 Å². The maximum Gasteiger partial charge on any atom is 0.345 e. The van der Waals surface area contributed by atoms with Crippen molar-refractivity contribution in [1.29, 1.82) is 0 Å². The van der Waals surface area contributed by atoms with Crippen molar-refractivity contribution in [3.05, 3.63) is 70.8 Å². The Hall–Kier alpha value is -4.22. The number of hydrogen-bond acceptors (Lipinski definition) is 8. The first-order valence-electron chi connectivity index (χ1n) is 13.9. The molecule has 4 aromatic rings. The van der Waals surface area contributed by atoms with Gasteiger partial charge in [0.1, 0.15) is 17.2 Å². The number of rotatable bonds is 12. The standard InChI is InChI=1S/C32H35NO9S/c1-6-7-14-41-31(34)22-16-20(2)30(21(3)17-22)42-32(35)29-25-18-23(39-4)9-11-27(25)33(13-8-15-43(36,37)38)28-12-10-24(40-5)19-26(28)29/h9-12,16-19H,6-8,13-15H2,1-5H3/p+1. The lowest BCUT2D eigenvalue weighted by atomic mass is 10.0. The minimum absolute atomic E-state index is 0.140. The van der Waals surface area contributed by atoms with Gasteiger partial charge in [-0.3, -0.25) is 4.55 Å². The summed E-state index contributed by atoms with van der Waals surface area (Å²) in [7, 11) is -1.12. The molecule has 10 nitrogen and oxygen atoms in total. The quantitative estimate of drug-likeness (QED) is 0.0562. The number of fused-ring (bicyclic) bond motifs is 2. The van der Waals surface area contributed by atoms with Crippen LogP contribution in [0.4, 0.5) is 0 Å². The topological polar surface area (TPSA) is 129 Å². The largest absolute Gasteiger partial charge is 0.497 e. The molecule has 1 aromatic heterocycles. The van der Waals surface area contributed by atoms with Crippen molar-refractivity contribution in [3.63, 3.8) is 0 Å². The van der Waals surface area contributed by atoms with Gasteiger partial charge in [0.15, 0.2) is 6.54 Å². The van der Waals surface area contributed by atoms with E-state index in [0.29, 0.717) is 62.4 Å². The number of esters is 2. The molecule has 0 radical (unpaired) electrons. The number of ether oxygens (including phenoxy) is 4. The molecule has 0 aliphatic rings. The fourth-order valence-electron chi connectivity index (χ4n) is 5.06. The molecule has 1 heterocycles. The Morgan fingerprint density at radius 1 is 0.837 bits per heavy atom. The zero-order chi connectivity index (χ0) is 31.3. The smallest absolute Gasteiger partial charge is 0.345 e. The van der Waals surface area contributed by atoms with Crippen molar-refractivity contribution in [1.82, 2.24) is 0 Å². The predicted octanol–water partition coefficient (Wildman–Crippen LogP) is 5.37. The number of nitrogens with zero attached hydrogens (tertiary/aromatic N) is 1. The first kappa shape index (κ1) is 31.7. The molecule has 0 saturated carbocycles. The molecule has 0 saturated heterocycles. The van der Waals surface area contributed by atoms with Crippen LogP contribution in [0.3, 0.4) is 0 Å². The summed E-state index contributed by atoms with van der Waals surface area (Å²) in [4.78, 5) is 26.6. The average molecular weight is 611 g/mol. The molecule has 0 amide bonds. The summed E-state index contributed by atoms with van der Waals surface area (Å²) in [5.74, 6) is -0.147. The number of pyridine rings is 1. The third kappa shape index (κ3) is 7.23. The summed E-state index contributed by atoms with van der Waals surface area (Å²) in [6.45, 7) is 6.11. The number of benzene rings is 3.